The van der Waals surface area contributed by atoms with E-state index in [2.05, 4.69) is 37.3 Å². The smallest absolute Gasteiger partial charge is 0.127 e. The highest BCUT2D eigenvalue weighted by Gasteiger charge is 2.15. The molecule has 0 amide bonds. The molecular formula is C14H16O. The van der Waals surface area contributed by atoms with E-state index in [-0.39, 0.29) is 0 Å². The van der Waals surface area contributed by atoms with E-state index < -0.39 is 0 Å². The van der Waals surface area contributed by atoms with Gasteiger partial charge in [0.1, 0.15) is 12.4 Å². The largest absolute Gasteiger partial charge is 0.488 e. The van der Waals surface area contributed by atoms with Gasteiger partial charge in [-0.3, -0.25) is 0 Å². The number of para-hydroxylation sites is 1. The fourth-order valence-corrected chi connectivity index (χ4v) is 1.68. The van der Waals surface area contributed by atoms with Crippen LogP contribution in [-0.4, -0.2) is 6.61 Å². The first-order valence-corrected chi connectivity index (χ1v) is 5.49. The number of unbranched alkanes of at least 4 members (excludes halogenated alkanes) is 1. The van der Waals surface area contributed by atoms with Gasteiger partial charge < -0.3 is 4.74 Å². The number of ether oxygens (including phenoxy) is 1. The first kappa shape index (κ1) is 10.0. The lowest BCUT2D eigenvalue weighted by atomic mass is 10.1. The Balaban J connectivity index is 2.13. The van der Waals surface area contributed by atoms with Gasteiger partial charge in [0.25, 0.3) is 0 Å². The SMILES string of the molecule is CCC/C=C/C=C1/COc2ccccc21. The van der Waals surface area contributed by atoms with Gasteiger partial charge in [0.05, 0.1) is 0 Å². The van der Waals surface area contributed by atoms with E-state index in [1.807, 2.05) is 12.1 Å². The molecule has 15 heavy (non-hydrogen) atoms. The van der Waals surface area contributed by atoms with E-state index in [0.29, 0.717) is 6.61 Å². The first-order chi connectivity index (χ1) is 7.42. The van der Waals surface area contributed by atoms with E-state index in [9.17, 15) is 0 Å². The van der Waals surface area contributed by atoms with Crippen LogP contribution >= 0.6 is 0 Å². The summed E-state index contributed by atoms with van der Waals surface area (Å²) in [6.07, 6.45) is 8.83. The zero-order valence-electron chi connectivity index (χ0n) is 9.07. The Kier molecular flexibility index (Phi) is 3.23. The molecule has 0 radical (unpaired) electrons. The molecule has 0 atom stereocenters. The lowest BCUT2D eigenvalue weighted by Crippen LogP contribution is -1.86. The van der Waals surface area contributed by atoms with Gasteiger partial charge in [-0.2, -0.15) is 0 Å². The summed E-state index contributed by atoms with van der Waals surface area (Å²) in [6, 6.07) is 8.19. The molecule has 1 aromatic carbocycles. The highest BCUT2D eigenvalue weighted by atomic mass is 16.5. The van der Waals surface area contributed by atoms with Crippen molar-refractivity contribution < 1.29 is 4.74 Å². The molecule has 0 saturated carbocycles. The second kappa shape index (κ2) is 4.83. The number of benzene rings is 1. The lowest BCUT2D eigenvalue weighted by Gasteiger charge is -1.94. The summed E-state index contributed by atoms with van der Waals surface area (Å²) in [7, 11) is 0. The third-order valence-corrected chi connectivity index (χ3v) is 2.51. The van der Waals surface area contributed by atoms with Gasteiger partial charge >= 0.3 is 0 Å². The Morgan fingerprint density at radius 1 is 1.33 bits per heavy atom. The highest BCUT2D eigenvalue weighted by molar-refractivity contribution is 5.75. The summed E-state index contributed by atoms with van der Waals surface area (Å²) in [6.45, 7) is 2.89. The van der Waals surface area contributed by atoms with Crippen LogP contribution in [0.25, 0.3) is 5.57 Å². The van der Waals surface area contributed by atoms with Crippen LogP contribution in [0.3, 0.4) is 0 Å². The van der Waals surface area contributed by atoms with Crippen LogP contribution in [0.1, 0.15) is 25.3 Å². The molecule has 0 N–H and O–H groups in total. The third-order valence-electron chi connectivity index (χ3n) is 2.51. The van der Waals surface area contributed by atoms with E-state index in [1.54, 1.807) is 0 Å². The number of fused-ring (bicyclic) bond motifs is 1. The van der Waals surface area contributed by atoms with Crippen molar-refractivity contribution in [3.63, 3.8) is 0 Å². The first-order valence-electron chi connectivity index (χ1n) is 5.49. The van der Waals surface area contributed by atoms with Crippen molar-refractivity contribution >= 4 is 5.57 Å². The van der Waals surface area contributed by atoms with Crippen LogP contribution in [0.4, 0.5) is 0 Å². The van der Waals surface area contributed by atoms with Crippen LogP contribution in [0.2, 0.25) is 0 Å². The standard InChI is InChI=1S/C14H16O/c1-2-3-4-5-8-12-11-15-14-10-7-6-9-13(12)14/h4-10H,2-3,11H2,1H3/b5-4+,12-8-. The minimum Gasteiger partial charge on any atom is -0.488 e. The summed E-state index contributed by atoms with van der Waals surface area (Å²) < 4.78 is 5.57. The van der Waals surface area contributed by atoms with Crippen LogP contribution in [0.5, 0.6) is 5.75 Å². The highest BCUT2D eigenvalue weighted by Crippen LogP contribution is 2.32. The molecule has 0 saturated heterocycles. The number of hydrogen-bond acceptors (Lipinski definition) is 1. The molecule has 0 unspecified atom stereocenters. The second-order valence-corrected chi connectivity index (χ2v) is 3.69. The molecule has 1 heterocycles. The molecule has 78 valence electrons. The van der Waals surface area contributed by atoms with Crippen molar-refractivity contribution in [1.29, 1.82) is 0 Å². The van der Waals surface area contributed by atoms with Gasteiger partial charge in [-0.05, 0) is 12.5 Å². The van der Waals surface area contributed by atoms with Crippen molar-refractivity contribution in [2.75, 3.05) is 6.61 Å². The van der Waals surface area contributed by atoms with Crippen LogP contribution in [0, 0.1) is 0 Å². The molecular weight excluding hydrogens is 184 g/mol. The molecule has 0 spiro atoms. The molecule has 1 aromatic rings. The second-order valence-electron chi connectivity index (χ2n) is 3.69. The molecule has 0 aliphatic carbocycles. The van der Waals surface area contributed by atoms with Crippen molar-refractivity contribution in [3.8, 4) is 5.75 Å². The van der Waals surface area contributed by atoms with Crippen LogP contribution in [0.15, 0.2) is 42.5 Å². The molecule has 1 heteroatoms. The van der Waals surface area contributed by atoms with E-state index >= 15 is 0 Å². The summed E-state index contributed by atoms with van der Waals surface area (Å²) in [5, 5.41) is 0. The lowest BCUT2D eigenvalue weighted by molar-refractivity contribution is 0.388. The number of allylic oxidation sites excluding steroid dienone is 3. The van der Waals surface area contributed by atoms with Gasteiger partial charge in [0.15, 0.2) is 0 Å². The molecule has 1 aliphatic rings. The summed E-state index contributed by atoms with van der Waals surface area (Å²) >= 11 is 0. The molecule has 1 nitrogen and oxygen atoms in total. The van der Waals surface area contributed by atoms with E-state index in [0.717, 1.165) is 12.2 Å². The quantitative estimate of drug-likeness (QED) is 0.720. The maximum atomic E-state index is 5.57. The third kappa shape index (κ3) is 2.30. The average molecular weight is 200 g/mol. The van der Waals surface area contributed by atoms with Gasteiger partial charge in [-0.25, -0.2) is 0 Å². The minimum atomic E-state index is 0.704. The molecule has 2 rings (SSSR count). The van der Waals surface area contributed by atoms with Gasteiger partial charge in [0.2, 0.25) is 0 Å². The Hall–Kier alpha value is -1.50. The average Bonchev–Trinajstić information content (AvgIpc) is 2.68. The van der Waals surface area contributed by atoms with E-state index in [1.165, 1.54) is 17.6 Å². The fourth-order valence-electron chi connectivity index (χ4n) is 1.68. The minimum absolute atomic E-state index is 0.704. The van der Waals surface area contributed by atoms with Gasteiger partial charge in [-0.15, -0.1) is 0 Å². The predicted molar refractivity (Wildman–Crippen MR) is 64.0 cm³/mol. The normalized spacial score (nSPS) is 17.0. The maximum Gasteiger partial charge on any atom is 0.127 e. The van der Waals surface area contributed by atoms with Crippen LogP contribution in [-0.2, 0) is 0 Å². The van der Waals surface area contributed by atoms with Crippen molar-refractivity contribution in [3.05, 3.63) is 48.1 Å². The zero-order valence-corrected chi connectivity index (χ0v) is 9.07. The Morgan fingerprint density at radius 3 is 3.07 bits per heavy atom. The maximum absolute atomic E-state index is 5.57. The Morgan fingerprint density at radius 2 is 2.20 bits per heavy atom. The van der Waals surface area contributed by atoms with Crippen molar-refractivity contribution in [1.82, 2.24) is 0 Å². The monoisotopic (exact) mass is 200 g/mol. The Labute approximate surface area is 91.1 Å². The fraction of sp³-hybridized carbons (Fsp3) is 0.286. The van der Waals surface area contributed by atoms with Crippen molar-refractivity contribution in [2.45, 2.75) is 19.8 Å². The van der Waals surface area contributed by atoms with Crippen molar-refractivity contribution in [2.24, 2.45) is 0 Å². The molecule has 1 aliphatic heterocycles. The predicted octanol–water partition coefficient (Wildman–Crippen LogP) is 3.82. The zero-order chi connectivity index (χ0) is 10.5. The molecule has 0 aromatic heterocycles. The topological polar surface area (TPSA) is 9.23 Å². The summed E-state index contributed by atoms with van der Waals surface area (Å²) in [4.78, 5) is 0. The Bertz CT molecular complexity index is 388. The van der Waals surface area contributed by atoms with Gasteiger partial charge in [0, 0.05) is 11.1 Å². The summed E-state index contributed by atoms with van der Waals surface area (Å²) in [5.41, 5.74) is 2.51. The molecule has 0 fully saturated rings. The number of hydrogen-bond donors (Lipinski definition) is 0. The van der Waals surface area contributed by atoms with Gasteiger partial charge in [-0.1, -0.05) is 49.8 Å². The van der Waals surface area contributed by atoms with Crippen LogP contribution < -0.4 is 4.74 Å². The number of rotatable bonds is 3. The molecule has 0 bridgehead atoms. The summed E-state index contributed by atoms with van der Waals surface area (Å²) in [5.74, 6) is 1.01. The van der Waals surface area contributed by atoms with E-state index in [4.69, 9.17) is 4.74 Å².